The second-order valence-electron chi connectivity index (χ2n) is 14.1. The van der Waals surface area contributed by atoms with Crippen LogP contribution in [0.5, 0.6) is 11.5 Å². The number of likely N-dealkylation sites (N-methyl/N-ethyl adjacent to an activating group) is 1. The van der Waals surface area contributed by atoms with E-state index in [0.29, 0.717) is 37.5 Å². The van der Waals surface area contributed by atoms with Gasteiger partial charge in [-0.3, -0.25) is 19.3 Å². The summed E-state index contributed by atoms with van der Waals surface area (Å²) in [7, 11) is 4.63. The van der Waals surface area contributed by atoms with Crippen molar-refractivity contribution in [1.29, 1.82) is 0 Å². The zero-order chi connectivity index (χ0) is 35.3. The molecule has 14 nitrogen and oxygen atoms in total. The van der Waals surface area contributed by atoms with E-state index in [0.717, 1.165) is 0 Å². The Morgan fingerprint density at radius 2 is 1.73 bits per heavy atom. The summed E-state index contributed by atoms with van der Waals surface area (Å²) in [6, 6.07) is 10.3. The van der Waals surface area contributed by atoms with Gasteiger partial charge in [-0.05, 0) is 50.6 Å². The molecule has 7 rings (SSSR count). The maximum atomic E-state index is 14.4. The van der Waals surface area contributed by atoms with Gasteiger partial charge < -0.3 is 49.3 Å². The van der Waals surface area contributed by atoms with Crippen LogP contribution in [0.3, 0.4) is 0 Å². The molecule has 2 aliphatic heterocycles. The lowest BCUT2D eigenvalue weighted by atomic mass is 9.54. The van der Waals surface area contributed by atoms with Crippen LogP contribution in [0.4, 0.5) is 0 Å². The summed E-state index contributed by atoms with van der Waals surface area (Å²) in [6.07, 6.45) is -0.226. The van der Waals surface area contributed by atoms with Gasteiger partial charge in [0.05, 0.1) is 56.4 Å². The average Bonchev–Trinajstić information content (AvgIpc) is 3.60. The fraction of sp³-hybridized carbons (Fsp3) is 0.441. The first-order chi connectivity index (χ1) is 23.2. The number of benzene rings is 2. The number of aliphatic hydroxyl groups excluding tert-OH is 2. The van der Waals surface area contributed by atoms with E-state index in [-0.39, 0.29) is 28.6 Å². The van der Waals surface area contributed by atoms with Crippen molar-refractivity contribution in [2.45, 2.75) is 30.6 Å². The number of hydrogen-bond donors (Lipinski definition) is 6. The lowest BCUT2D eigenvalue weighted by Gasteiger charge is -2.53. The van der Waals surface area contributed by atoms with Crippen molar-refractivity contribution in [2.75, 3.05) is 54.2 Å². The van der Waals surface area contributed by atoms with Crippen LogP contribution in [0.1, 0.15) is 24.5 Å². The number of phenolic OH excluding ortho intramolecular Hbond substituents is 1. The third-order valence-electron chi connectivity index (χ3n) is 11.6. The van der Waals surface area contributed by atoms with Crippen molar-refractivity contribution >= 4 is 35.4 Å². The van der Waals surface area contributed by atoms with Crippen molar-refractivity contribution in [3.05, 3.63) is 70.5 Å². The fourth-order valence-corrected chi connectivity index (χ4v) is 9.13. The molecule has 0 aromatic heterocycles. The Balaban J connectivity index is 1.29. The minimum Gasteiger partial charge on any atom is -0.508 e. The second kappa shape index (κ2) is 11.1. The van der Waals surface area contributed by atoms with Gasteiger partial charge in [-0.25, -0.2) is 0 Å². The lowest BCUT2D eigenvalue weighted by Crippen LogP contribution is -2.72. The highest BCUT2D eigenvalue weighted by Gasteiger charge is 2.67. The summed E-state index contributed by atoms with van der Waals surface area (Å²) in [4.78, 5) is 44.1. The molecule has 0 radical (unpaired) electrons. The molecule has 2 saturated heterocycles. The molecule has 2 aromatic carbocycles. The zero-order valence-corrected chi connectivity index (χ0v) is 27.7. The van der Waals surface area contributed by atoms with E-state index in [1.807, 2.05) is 18.2 Å². The Labute approximate surface area is 282 Å². The smallest absolute Gasteiger partial charge is 0.507 e. The molecular formula is C34H40BN3O11. The van der Waals surface area contributed by atoms with Gasteiger partial charge in [0.15, 0.2) is 11.4 Å². The summed E-state index contributed by atoms with van der Waals surface area (Å²) in [5, 5.41) is 60.5. The van der Waals surface area contributed by atoms with Crippen molar-refractivity contribution in [2.24, 2.45) is 11.8 Å². The number of phenols is 1. The number of nitrogens with zero attached hydrogens (tertiary/aromatic N) is 2. The maximum Gasteiger partial charge on any atom is 0.507 e. The molecule has 6 N–H and O–H groups in total. The van der Waals surface area contributed by atoms with Gasteiger partial charge in [-0.2, -0.15) is 0 Å². The number of carbonyl (C=O) groups is 3. The van der Waals surface area contributed by atoms with Crippen LogP contribution in [-0.4, -0.2) is 125 Å². The Morgan fingerprint density at radius 1 is 1.06 bits per heavy atom. The van der Waals surface area contributed by atoms with Crippen LogP contribution >= 0.6 is 0 Å². The van der Waals surface area contributed by atoms with E-state index < -0.39 is 81.7 Å². The quantitative estimate of drug-likeness (QED) is 0.177. The molecule has 1 amide bonds. The van der Waals surface area contributed by atoms with Crippen molar-refractivity contribution in [1.82, 2.24) is 10.2 Å². The molecule has 0 unspecified atom stereocenters. The van der Waals surface area contributed by atoms with Crippen LogP contribution in [-0.2, 0) is 29.3 Å². The number of nitrogens with one attached hydrogen (secondary N) is 1. The van der Waals surface area contributed by atoms with Crippen LogP contribution in [0.2, 0.25) is 0 Å². The van der Waals surface area contributed by atoms with Crippen LogP contribution in [0, 0.1) is 11.8 Å². The van der Waals surface area contributed by atoms with Crippen molar-refractivity contribution < 1.29 is 58.4 Å². The number of aromatic hydroxyl groups is 1. The average molecular weight is 678 g/mol. The summed E-state index contributed by atoms with van der Waals surface area (Å²) in [5.74, 6) is -7.08. The van der Waals surface area contributed by atoms with Gasteiger partial charge in [-0.15, -0.1) is 0 Å². The summed E-state index contributed by atoms with van der Waals surface area (Å²) >= 11 is 0. The van der Waals surface area contributed by atoms with E-state index in [9.17, 15) is 39.9 Å². The van der Waals surface area contributed by atoms with Gasteiger partial charge in [-0.1, -0.05) is 30.3 Å². The molecular weight excluding hydrogens is 637 g/mol. The molecule has 1 saturated carbocycles. The number of carbonyl (C=O) groups excluding carboxylic acids is 3. The first kappa shape index (κ1) is 33.3. The summed E-state index contributed by atoms with van der Waals surface area (Å²) in [5.41, 5.74) is -5.17. The number of methoxy groups -OCH3 is 1. The van der Waals surface area contributed by atoms with Crippen molar-refractivity contribution in [3.8, 4) is 11.5 Å². The number of fused-ring (bicyclic) bond motifs is 4. The van der Waals surface area contributed by atoms with E-state index in [1.165, 1.54) is 37.1 Å². The van der Waals surface area contributed by atoms with Gasteiger partial charge in [0.2, 0.25) is 5.78 Å². The van der Waals surface area contributed by atoms with Gasteiger partial charge in [0.25, 0.3) is 5.91 Å². The molecule has 2 aromatic rings. The number of ether oxygens (including phenoxy) is 1. The Kier molecular flexibility index (Phi) is 7.56. The lowest BCUT2D eigenvalue weighted by molar-refractivity contribution is -0.822. The van der Waals surface area contributed by atoms with Crippen LogP contribution < -0.4 is 15.5 Å². The highest BCUT2D eigenvalue weighted by molar-refractivity contribution is 6.76. The number of rotatable bonds is 6. The third kappa shape index (κ3) is 4.26. The number of Topliss-reactive ketones (excluding diaryl/α,β-unsaturated/α-hetero) is 2. The highest BCUT2D eigenvalue weighted by Crippen LogP contribution is 2.57. The van der Waals surface area contributed by atoms with Crippen LogP contribution in [0.25, 0.3) is 5.76 Å². The van der Waals surface area contributed by atoms with E-state index >= 15 is 0 Å². The molecule has 0 bridgehead atoms. The van der Waals surface area contributed by atoms with Crippen molar-refractivity contribution in [3.63, 3.8) is 0 Å². The molecule has 5 atom stereocenters. The minimum absolute atomic E-state index is 0.0731. The van der Waals surface area contributed by atoms with Crippen LogP contribution in [0.15, 0.2) is 59.4 Å². The van der Waals surface area contributed by atoms with E-state index in [4.69, 9.17) is 14.0 Å². The normalized spacial score (nSPS) is 35.2. The third-order valence-corrected chi connectivity index (χ3v) is 11.6. The minimum atomic E-state index is -2.82. The summed E-state index contributed by atoms with van der Waals surface area (Å²) < 4.78 is 18.3. The molecule has 15 heteroatoms. The number of para-hydroxylation sites is 1. The maximum absolute atomic E-state index is 14.4. The number of hydrogen-bond acceptors (Lipinski definition) is 12. The van der Waals surface area contributed by atoms with E-state index in [2.05, 4.69) is 5.32 Å². The van der Waals surface area contributed by atoms with Gasteiger partial charge in [0.1, 0.15) is 29.5 Å². The molecule has 3 fully saturated rings. The fourth-order valence-electron chi connectivity index (χ4n) is 9.13. The molecule has 49 heavy (non-hydrogen) atoms. The first-order valence-electron chi connectivity index (χ1n) is 16.3. The Hall–Kier alpha value is -4.25. The Morgan fingerprint density at radius 3 is 2.39 bits per heavy atom. The molecule has 260 valence electrons. The predicted octanol–water partition coefficient (Wildman–Crippen LogP) is -0.0507. The molecule has 3 aliphatic carbocycles. The van der Waals surface area contributed by atoms with E-state index in [1.54, 1.807) is 20.2 Å². The Bertz CT molecular complexity index is 1850. The number of amides is 1. The molecule has 5 aliphatic rings. The standard InChI is InChI=1S/C34H40BN3O11/c1-33(45)18-8-7-10-22(39)24(18)28(40)25-19(33)16-20-27(37(2)3)29(41)26(31(43)34(20,46)30(25)42)32(44)36-17-38-12-14-48-35(38,49-15-13-38)21-9-5-6-11-23(21)47-4/h5-11,19-20,27,39-40,43,45-46H,12-17H2,1-4H3,(H,36,44)/t19-,20+,27-,33+,34-,35?,38?/m1/s1. The molecule has 0 spiro atoms. The number of aliphatic hydroxyl groups is 4. The highest BCUT2D eigenvalue weighted by atomic mass is 16.6. The topological polar surface area (TPSA) is 195 Å². The second-order valence-corrected chi connectivity index (χ2v) is 14.1. The predicted molar refractivity (Wildman–Crippen MR) is 174 cm³/mol. The molecule has 2 heterocycles. The van der Waals surface area contributed by atoms with Gasteiger partial charge in [0, 0.05) is 17.4 Å². The monoisotopic (exact) mass is 677 g/mol. The number of ketones is 2. The van der Waals surface area contributed by atoms with Gasteiger partial charge >= 0.3 is 6.69 Å². The number of quaternary nitrogens is 1. The zero-order valence-electron chi connectivity index (χ0n) is 27.7. The summed E-state index contributed by atoms with van der Waals surface area (Å²) in [6.45, 7) is 0.730. The largest absolute Gasteiger partial charge is 0.508 e. The first-order valence-corrected chi connectivity index (χ1v) is 16.3. The SMILES string of the molecule is COc1ccccc1[B-]12OCC[N+]1(CNC(=O)C1=C(O)[C@]3(O)C(=O)C4=C(O)c5c(O)cccc5[C@](C)(O)[C@@H]4C[C@H]3[C@@H](N(C)C)C1=O)CCO2.